The van der Waals surface area contributed by atoms with Crippen LogP contribution < -0.4 is 11.5 Å². The van der Waals surface area contributed by atoms with Crippen LogP contribution in [0.15, 0.2) is 36.5 Å². The highest BCUT2D eigenvalue weighted by Crippen LogP contribution is 2.41. The van der Waals surface area contributed by atoms with Gasteiger partial charge in [-0.25, -0.2) is 4.98 Å². The van der Waals surface area contributed by atoms with Crippen LogP contribution in [0.2, 0.25) is 0 Å². The number of benzene rings is 2. The largest absolute Gasteiger partial charge is 0.481 e. The van der Waals surface area contributed by atoms with Crippen LogP contribution in [-0.4, -0.2) is 25.6 Å². The molecule has 0 radical (unpaired) electrons. The molecule has 0 aliphatic rings. The summed E-state index contributed by atoms with van der Waals surface area (Å²) in [5.74, 6) is -0.309. The quantitative estimate of drug-likeness (QED) is 0.379. The van der Waals surface area contributed by atoms with Gasteiger partial charge < -0.3 is 21.1 Å². The highest BCUT2D eigenvalue weighted by molar-refractivity contribution is 14.1. The number of carboxylic acids is 1. The highest BCUT2D eigenvalue weighted by Gasteiger charge is 2.20. The number of rotatable bonds is 4. The molecule has 142 valence electrons. The van der Waals surface area contributed by atoms with Crippen molar-refractivity contribution in [3.63, 3.8) is 0 Å². The summed E-state index contributed by atoms with van der Waals surface area (Å²) in [7, 11) is 1.98. The van der Waals surface area contributed by atoms with E-state index in [1.54, 1.807) is 0 Å². The van der Waals surface area contributed by atoms with Crippen LogP contribution in [0.1, 0.15) is 12.0 Å². The molecule has 7 nitrogen and oxygen atoms in total. The summed E-state index contributed by atoms with van der Waals surface area (Å²) < 4.78 is 2.98. The summed E-state index contributed by atoms with van der Waals surface area (Å²) in [6.45, 7) is 0. The molecular formula is C20H18IN5O2. The average molecular weight is 487 g/mol. The summed E-state index contributed by atoms with van der Waals surface area (Å²) in [5.41, 5.74) is 16.8. The molecule has 0 aliphatic carbocycles. The zero-order chi connectivity index (χ0) is 20.0. The number of aromatic nitrogens is 3. The number of hydrogen-bond donors (Lipinski definition) is 3. The van der Waals surface area contributed by atoms with E-state index in [0.717, 1.165) is 42.1 Å². The third-order valence-corrected chi connectivity index (χ3v) is 5.85. The number of halogens is 1. The second-order valence-corrected chi connectivity index (χ2v) is 7.74. The minimum absolute atomic E-state index is 0.0954. The number of fused-ring (bicyclic) bond motifs is 3. The molecule has 2 aromatic heterocycles. The van der Waals surface area contributed by atoms with E-state index in [1.807, 2.05) is 48.1 Å². The average Bonchev–Trinajstić information content (AvgIpc) is 3.01. The van der Waals surface area contributed by atoms with Gasteiger partial charge in [-0.1, -0.05) is 24.3 Å². The smallest absolute Gasteiger partial charge is 0.303 e. The number of nitrogens with zero attached hydrogens (tertiary/aromatic N) is 3. The molecular weight excluding hydrogens is 469 g/mol. The lowest BCUT2D eigenvalue weighted by atomic mass is 9.97. The number of nitrogen functional groups attached to an aromatic ring is 2. The van der Waals surface area contributed by atoms with Crippen molar-refractivity contribution in [3.8, 4) is 11.1 Å². The Balaban J connectivity index is 2.04. The molecule has 0 saturated heterocycles. The van der Waals surface area contributed by atoms with Gasteiger partial charge in [0.2, 0.25) is 5.95 Å². The zero-order valence-corrected chi connectivity index (χ0v) is 17.3. The maximum absolute atomic E-state index is 10.9. The highest BCUT2D eigenvalue weighted by atomic mass is 127. The summed E-state index contributed by atoms with van der Waals surface area (Å²) in [6.07, 6.45) is 2.55. The number of aryl methyl sites for hydroxylation is 2. The first-order valence-corrected chi connectivity index (χ1v) is 9.75. The van der Waals surface area contributed by atoms with E-state index in [9.17, 15) is 4.79 Å². The number of anilines is 2. The van der Waals surface area contributed by atoms with Gasteiger partial charge in [-0.15, -0.1) is 0 Å². The fourth-order valence-corrected chi connectivity index (χ4v) is 4.54. The molecule has 2 aromatic carbocycles. The molecule has 4 aromatic rings. The van der Waals surface area contributed by atoms with Gasteiger partial charge in [-0.2, -0.15) is 4.98 Å². The molecule has 0 atom stereocenters. The standard InChI is InChI=1S/C20H18IN5O2/c1-26-8-7-12-15-17(24-20(23)25-19(15)22)16(21)14(18(12)26)11-4-2-3-10(9-11)5-6-13(27)28/h2-4,7-9H,5-6H2,1H3,(H,27,28)(H4,22,23,24,25). The molecule has 28 heavy (non-hydrogen) atoms. The first-order valence-electron chi connectivity index (χ1n) is 8.67. The first-order chi connectivity index (χ1) is 13.4. The summed E-state index contributed by atoms with van der Waals surface area (Å²) >= 11 is 2.27. The summed E-state index contributed by atoms with van der Waals surface area (Å²) in [5, 5.41) is 10.7. The Morgan fingerprint density at radius 1 is 1.25 bits per heavy atom. The van der Waals surface area contributed by atoms with Crippen molar-refractivity contribution in [3.05, 3.63) is 45.7 Å². The lowest BCUT2D eigenvalue weighted by Gasteiger charge is -2.15. The number of nitrogens with two attached hydrogens (primary N) is 2. The van der Waals surface area contributed by atoms with Crippen LogP contribution in [0.5, 0.6) is 0 Å². The van der Waals surface area contributed by atoms with Gasteiger partial charge in [-0.05, 0) is 46.2 Å². The van der Waals surface area contributed by atoms with Gasteiger partial charge >= 0.3 is 5.97 Å². The van der Waals surface area contributed by atoms with Gasteiger partial charge in [0.1, 0.15) is 5.82 Å². The second kappa shape index (κ2) is 6.93. The maximum Gasteiger partial charge on any atom is 0.303 e. The molecule has 2 heterocycles. The number of aliphatic carboxylic acids is 1. The molecule has 5 N–H and O–H groups in total. The molecule has 8 heteroatoms. The van der Waals surface area contributed by atoms with Gasteiger partial charge in [0, 0.05) is 34.2 Å². The lowest BCUT2D eigenvalue weighted by Crippen LogP contribution is -2.03. The van der Waals surface area contributed by atoms with Crippen molar-refractivity contribution < 1.29 is 9.90 Å². The van der Waals surface area contributed by atoms with Crippen molar-refractivity contribution in [2.24, 2.45) is 7.05 Å². The molecule has 0 aliphatic heterocycles. The molecule has 4 rings (SSSR count). The van der Waals surface area contributed by atoms with Crippen molar-refractivity contribution in [2.45, 2.75) is 12.8 Å². The van der Waals surface area contributed by atoms with Crippen LogP contribution in [0.25, 0.3) is 32.9 Å². The Morgan fingerprint density at radius 2 is 2.04 bits per heavy atom. The van der Waals surface area contributed by atoms with Crippen LogP contribution in [-0.2, 0) is 18.3 Å². The lowest BCUT2D eigenvalue weighted by molar-refractivity contribution is -0.136. The van der Waals surface area contributed by atoms with Crippen molar-refractivity contribution in [1.82, 2.24) is 14.5 Å². The normalized spacial score (nSPS) is 11.4. The molecule has 0 amide bonds. The summed E-state index contributed by atoms with van der Waals surface area (Å²) in [4.78, 5) is 19.5. The molecule has 0 spiro atoms. The fourth-order valence-electron chi connectivity index (χ4n) is 3.58. The van der Waals surface area contributed by atoms with Crippen molar-refractivity contribution >= 4 is 62.1 Å². The monoisotopic (exact) mass is 487 g/mol. The van der Waals surface area contributed by atoms with Gasteiger partial charge in [0.15, 0.2) is 0 Å². The van der Waals surface area contributed by atoms with Gasteiger partial charge in [-0.3, -0.25) is 4.79 Å². The molecule has 0 unspecified atom stereocenters. The molecule has 0 saturated carbocycles. The van der Waals surface area contributed by atoms with Crippen LogP contribution in [0.3, 0.4) is 0 Å². The van der Waals surface area contributed by atoms with Gasteiger partial charge in [0.25, 0.3) is 0 Å². The molecule has 0 bridgehead atoms. The van der Waals surface area contributed by atoms with E-state index in [2.05, 4.69) is 32.6 Å². The number of hydrogen-bond acceptors (Lipinski definition) is 5. The Morgan fingerprint density at radius 3 is 2.79 bits per heavy atom. The second-order valence-electron chi connectivity index (χ2n) is 6.66. The summed E-state index contributed by atoms with van der Waals surface area (Å²) in [6, 6.07) is 9.95. The van der Waals surface area contributed by atoms with Crippen LogP contribution >= 0.6 is 22.6 Å². The molecule has 0 fully saturated rings. The zero-order valence-electron chi connectivity index (χ0n) is 15.1. The van der Waals surface area contributed by atoms with Crippen LogP contribution in [0, 0.1) is 3.57 Å². The number of carboxylic acid groups (broad SMARTS) is 1. The maximum atomic E-state index is 10.9. The SMILES string of the molecule is Cn1ccc2c3c(N)nc(N)nc3c(I)c(-c3cccc(CCC(=O)O)c3)c21. The Hall–Kier alpha value is -2.88. The predicted molar refractivity (Wildman–Crippen MR) is 119 cm³/mol. The third-order valence-electron chi connectivity index (χ3n) is 4.80. The van der Waals surface area contributed by atoms with E-state index < -0.39 is 5.97 Å². The minimum Gasteiger partial charge on any atom is -0.481 e. The van der Waals surface area contributed by atoms with E-state index in [-0.39, 0.29) is 12.4 Å². The van der Waals surface area contributed by atoms with E-state index in [1.165, 1.54) is 0 Å². The first kappa shape index (κ1) is 18.5. The topological polar surface area (TPSA) is 120 Å². The predicted octanol–water partition coefficient (Wildman–Crippen LogP) is 3.57. The van der Waals surface area contributed by atoms with Crippen molar-refractivity contribution in [1.29, 1.82) is 0 Å². The fraction of sp³-hybridized carbons (Fsp3) is 0.150. The van der Waals surface area contributed by atoms with E-state index >= 15 is 0 Å². The van der Waals surface area contributed by atoms with Gasteiger partial charge in [0.05, 0.1) is 16.4 Å². The Kier molecular flexibility index (Phi) is 4.58. The van der Waals surface area contributed by atoms with E-state index in [4.69, 9.17) is 16.6 Å². The third kappa shape index (κ3) is 3.03. The van der Waals surface area contributed by atoms with Crippen molar-refractivity contribution in [2.75, 3.05) is 11.5 Å². The minimum atomic E-state index is -0.807. The van der Waals surface area contributed by atoms with E-state index in [0.29, 0.717) is 12.2 Å². The Labute approximate surface area is 174 Å². The number of carbonyl (C=O) groups is 1. The van der Waals surface area contributed by atoms with Crippen LogP contribution in [0.4, 0.5) is 11.8 Å². The Bertz CT molecular complexity index is 1250.